The summed E-state index contributed by atoms with van der Waals surface area (Å²) in [5.41, 5.74) is 6.18. The van der Waals surface area contributed by atoms with E-state index in [1.807, 2.05) is 72.6 Å². The fourth-order valence-electron chi connectivity index (χ4n) is 3.90. The number of para-hydroxylation sites is 2. The molecule has 1 aliphatic rings. The Kier molecular flexibility index (Phi) is 5.62. The number of benzene rings is 4. The van der Waals surface area contributed by atoms with Crippen molar-refractivity contribution in [3.63, 3.8) is 0 Å². The summed E-state index contributed by atoms with van der Waals surface area (Å²) in [6.07, 6.45) is 0. The minimum atomic E-state index is -0.803. The van der Waals surface area contributed by atoms with Crippen LogP contribution in [0.3, 0.4) is 0 Å². The smallest absolute Gasteiger partial charge is 0.315 e. The summed E-state index contributed by atoms with van der Waals surface area (Å²) < 4.78 is 0. The molecule has 5 rings (SSSR count). The quantitative estimate of drug-likeness (QED) is 0.432. The molecule has 4 aromatic carbocycles. The lowest BCUT2D eigenvalue weighted by atomic mass is 9.85. The molecule has 30 heavy (non-hydrogen) atoms. The van der Waals surface area contributed by atoms with Gasteiger partial charge in [-0.05, 0) is 34.4 Å². The van der Waals surface area contributed by atoms with Gasteiger partial charge >= 0.3 is 5.97 Å². The van der Waals surface area contributed by atoms with E-state index in [4.69, 9.17) is 0 Å². The van der Waals surface area contributed by atoms with E-state index in [2.05, 4.69) is 48.5 Å². The van der Waals surface area contributed by atoms with Crippen LogP contribution in [-0.2, 0) is 4.79 Å². The monoisotopic (exact) mass is 393 g/mol. The lowest BCUT2D eigenvalue weighted by Gasteiger charge is -2.33. The third-order valence-electron chi connectivity index (χ3n) is 5.35. The van der Waals surface area contributed by atoms with E-state index in [0.29, 0.717) is 0 Å². The normalized spacial score (nSPS) is 12.2. The highest BCUT2D eigenvalue weighted by Gasteiger charge is 2.32. The number of fused-ring (bicyclic) bond motifs is 2. The van der Waals surface area contributed by atoms with Crippen LogP contribution in [0.25, 0.3) is 11.1 Å². The number of carboxylic acid groups (broad SMARTS) is 1. The standard InChI is InChI=1S/C15H13NO2.C12H10/c1-16-12-8-4-2-6-10(12)14(15(17)18)11-7-3-5-9-13(11)16;1-3-7-11(8-4-1)12-9-5-2-6-10-12/h2-9,14H,1H3,(H,17,18);1-10H. The van der Waals surface area contributed by atoms with E-state index < -0.39 is 11.9 Å². The molecule has 0 unspecified atom stereocenters. The highest BCUT2D eigenvalue weighted by atomic mass is 16.4. The van der Waals surface area contributed by atoms with Gasteiger partial charge in [-0.25, -0.2) is 0 Å². The Morgan fingerprint density at radius 1 is 0.633 bits per heavy atom. The molecule has 0 spiro atoms. The minimum Gasteiger partial charge on any atom is -0.481 e. The average Bonchev–Trinajstić information content (AvgIpc) is 2.81. The van der Waals surface area contributed by atoms with E-state index in [1.54, 1.807) is 0 Å². The summed E-state index contributed by atoms with van der Waals surface area (Å²) in [6.45, 7) is 0. The Labute approximate surface area is 176 Å². The fourth-order valence-corrected chi connectivity index (χ4v) is 3.90. The number of carboxylic acids is 1. The van der Waals surface area contributed by atoms with Gasteiger partial charge in [0.05, 0.1) is 0 Å². The Morgan fingerprint density at radius 2 is 1.00 bits per heavy atom. The van der Waals surface area contributed by atoms with Gasteiger partial charge in [0.2, 0.25) is 0 Å². The second kappa shape index (κ2) is 8.66. The average molecular weight is 393 g/mol. The van der Waals surface area contributed by atoms with Gasteiger partial charge in [0.15, 0.2) is 0 Å². The van der Waals surface area contributed by atoms with Crippen molar-refractivity contribution in [2.75, 3.05) is 11.9 Å². The van der Waals surface area contributed by atoms with Crippen molar-refractivity contribution in [3.05, 3.63) is 120 Å². The summed E-state index contributed by atoms with van der Waals surface area (Å²) in [4.78, 5) is 13.6. The van der Waals surface area contributed by atoms with Crippen LogP contribution in [0.1, 0.15) is 17.0 Å². The number of hydrogen-bond donors (Lipinski definition) is 1. The molecule has 0 fully saturated rings. The van der Waals surface area contributed by atoms with Crippen molar-refractivity contribution >= 4 is 17.3 Å². The molecule has 0 saturated heterocycles. The van der Waals surface area contributed by atoms with Crippen LogP contribution in [0.2, 0.25) is 0 Å². The molecule has 0 saturated carbocycles. The maximum absolute atomic E-state index is 11.6. The highest BCUT2D eigenvalue weighted by molar-refractivity contribution is 5.90. The van der Waals surface area contributed by atoms with Crippen molar-refractivity contribution in [1.82, 2.24) is 0 Å². The molecule has 1 aliphatic heterocycles. The second-order valence-corrected chi connectivity index (χ2v) is 7.18. The van der Waals surface area contributed by atoms with Gasteiger partial charge in [-0.15, -0.1) is 0 Å². The first-order valence-electron chi connectivity index (χ1n) is 9.91. The summed E-state index contributed by atoms with van der Waals surface area (Å²) in [7, 11) is 1.97. The topological polar surface area (TPSA) is 40.5 Å². The first-order valence-corrected chi connectivity index (χ1v) is 9.91. The zero-order valence-corrected chi connectivity index (χ0v) is 16.8. The lowest BCUT2D eigenvalue weighted by molar-refractivity contribution is -0.137. The van der Waals surface area contributed by atoms with E-state index >= 15 is 0 Å². The first kappa shape index (κ1) is 19.5. The third kappa shape index (κ3) is 3.83. The Bertz CT molecular complexity index is 1050. The number of anilines is 2. The number of rotatable bonds is 2. The van der Waals surface area contributed by atoms with E-state index in [9.17, 15) is 9.90 Å². The zero-order valence-electron chi connectivity index (χ0n) is 16.8. The van der Waals surface area contributed by atoms with Crippen LogP contribution in [0.4, 0.5) is 11.4 Å². The van der Waals surface area contributed by atoms with E-state index in [0.717, 1.165) is 22.5 Å². The number of nitrogens with zero attached hydrogens (tertiary/aromatic N) is 1. The summed E-state index contributed by atoms with van der Waals surface area (Å²) in [6, 6.07) is 36.1. The second-order valence-electron chi connectivity index (χ2n) is 7.18. The van der Waals surface area contributed by atoms with Gasteiger partial charge in [0.25, 0.3) is 0 Å². The summed E-state index contributed by atoms with van der Waals surface area (Å²) >= 11 is 0. The molecule has 1 N–H and O–H groups in total. The number of carbonyl (C=O) groups is 1. The highest BCUT2D eigenvalue weighted by Crippen LogP contribution is 2.44. The molecule has 0 amide bonds. The van der Waals surface area contributed by atoms with Crippen LogP contribution in [0, 0.1) is 0 Å². The Hall–Kier alpha value is -3.85. The molecule has 0 radical (unpaired) electrons. The Morgan fingerprint density at radius 3 is 1.40 bits per heavy atom. The lowest BCUT2D eigenvalue weighted by Crippen LogP contribution is -2.25. The molecule has 4 aromatic rings. The van der Waals surface area contributed by atoms with Crippen molar-refractivity contribution in [2.45, 2.75) is 5.92 Å². The number of aliphatic carboxylic acids is 1. The van der Waals surface area contributed by atoms with Crippen molar-refractivity contribution in [3.8, 4) is 11.1 Å². The molecule has 0 aliphatic carbocycles. The van der Waals surface area contributed by atoms with Crippen LogP contribution >= 0.6 is 0 Å². The summed E-state index contributed by atoms with van der Waals surface area (Å²) in [5.74, 6) is -1.38. The van der Waals surface area contributed by atoms with Crippen LogP contribution in [0.5, 0.6) is 0 Å². The fraction of sp³-hybridized carbons (Fsp3) is 0.0741. The molecule has 3 heteroatoms. The van der Waals surface area contributed by atoms with Gasteiger partial charge in [-0.3, -0.25) is 4.79 Å². The SMILES string of the molecule is CN1c2ccccc2C(C(=O)O)c2ccccc21.c1ccc(-c2ccccc2)cc1. The van der Waals surface area contributed by atoms with Gasteiger partial charge in [-0.1, -0.05) is 97.1 Å². The largest absolute Gasteiger partial charge is 0.481 e. The van der Waals surface area contributed by atoms with Crippen LogP contribution < -0.4 is 4.90 Å². The molecule has 0 atom stereocenters. The van der Waals surface area contributed by atoms with Gasteiger partial charge in [0.1, 0.15) is 5.92 Å². The maximum Gasteiger partial charge on any atom is 0.315 e. The van der Waals surface area contributed by atoms with Gasteiger partial charge in [-0.2, -0.15) is 0 Å². The first-order chi connectivity index (χ1) is 14.7. The van der Waals surface area contributed by atoms with Crippen molar-refractivity contribution in [1.29, 1.82) is 0 Å². The predicted octanol–water partition coefficient (Wildman–Crippen LogP) is 6.34. The van der Waals surface area contributed by atoms with Gasteiger partial charge < -0.3 is 10.0 Å². The van der Waals surface area contributed by atoms with Crippen molar-refractivity contribution < 1.29 is 9.90 Å². The van der Waals surface area contributed by atoms with Gasteiger partial charge in [0, 0.05) is 18.4 Å². The van der Waals surface area contributed by atoms with Crippen molar-refractivity contribution in [2.24, 2.45) is 0 Å². The van der Waals surface area contributed by atoms with E-state index in [-0.39, 0.29) is 0 Å². The molecule has 0 bridgehead atoms. The van der Waals surface area contributed by atoms with Crippen LogP contribution in [-0.4, -0.2) is 18.1 Å². The van der Waals surface area contributed by atoms with E-state index in [1.165, 1.54) is 11.1 Å². The predicted molar refractivity (Wildman–Crippen MR) is 122 cm³/mol. The molecule has 3 nitrogen and oxygen atoms in total. The third-order valence-corrected chi connectivity index (χ3v) is 5.35. The molecular weight excluding hydrogens is 370 g/mol. The molecular formula is C27H23NO2. The molecule has 0 aromatic heterocycles. The molecule has 1 heterocycles. The molecule has 148 valence electrons. The van der Waals surface area contributed by atoms with Crippen LogP contribution in [0.15, 0.2) is 109 Å². The summed E-state index contributed by atoms with van der Waals surface area (Å²) in [5, 5.41) is 9.50. The number of hydrogen-bond acceptors (Lipinski definition) is 2. The maximum atomic E-state index is 11.6. The Balaban J connectivity index is 0.000000158. The zero-order chi connectivity index (χ0) is 20.9. The minimum absolute atomic E-state index is 0.575.